The average Bonchev–Trinajstić information content (AvgIpc) is 2.76. The van der Waals surface area contributed by atoms with Crippen LogP contribution in [0.4, 0.5) is 5.82 Å². The van der Waals surface area contributed by atoms with E-state index in [1.807, 2.05) is 6.92 Å². The number of amides is 1. The monoisotopic (exact) mass is 502 g/mol. The number of ether oxygens (including phenoxy) is 1. The van der Waals surface area contributed by atoms with Crippen LogP contribution in [-0.4, -0.2) is 50.7 Å². The number of anilines is 1. The summed E-state index contributed by atoms with van der Waals surface area (Å²) in [5.41, 5.74) is 1.55. The van der Waals surface area contributed by atoms with Gasteiger partial charge in [0.25, 0.3) is 0 Å². The predicted molar refractivity (Wildman–Crippen MR) is 130 cm³/mol. The molecule has 0 radical (unpaired) electrons. The third kappa shape index (κ3) is 6.27. The Morgan fingerprint density at radius 1 is 1.26 bits per heavy atom. The summed E-state index contributed by atoms with van der Waals surface area (Å²) < 4.78 is 32.0. The van der Waals surface area contributed by atoms with Crippen molar-refractivity contribution < 1.29 is 22.7 Å². The second-order valence-corrected chi connectivity index (χ2v) is 10.6. The summed E-state index contributed by atoms with van der Waals surface area (Å²) in [7, 11) is -3.83. The maximum Gasteiger partial charge on any atom is 0.340 e. The zero-order chi connectivity index (χ0) is 24.7. The fourth-order valence-corrected chi connectivity index (χ4v) is 5.24. The Hall–Kier alpha value is -3.10. The smallest absolute Gasteiger partial charge is 0.340 e. The van der Waals surface area contributed by atoms with Crippen molar-refractivity contribution in [2.24, 2.45) is 5.92 Å². The molecule has 1 aliphatic heterocycles. The molecule has 0 spiro atoms. The number of carbonyl (C=O) groups is 2. The third-order valence-corrected chi connectivity index (χ3v) is 7.26. The largest absolute Gasteiger partial charge is 0.462 e. The molecule has 2 heterocycles. The number of hydrogen-bond donors (Lipinski definition) is 1. The van der Waals surface area contributed by atoms with Crippen LogP contribution in [0.2, 0.25) is 0 Å². The summed E-state index contributed by atoms with van der Waals surface area (Å²) in [6, 6.07) is 12.1. The van der Waals surface area contributed by atoms with Gasteiger partial charge in [-0.3, -0.25) is 9.52 Å². The Bertz CT molecular complexity index is 1190. The molecule has 2 aromatic rings. The van der Waals surface area contributed by atoms with Gasteiger partial charge < -0.3 is 9.64 Å². The number of pyridine rings is 1. The third-order valence-electron chi connectivity index (χ3n) is 5.15. The normalized spacial score (nSPS) is 13.6. The highest BCUT2D eigenvalue weighted by Crippen LogP contribution is 2.29. The fourth-order valence-electron chi connectivity index (χ4n) is 3.44. The van der Waals surface area contributed by atoms with Crippen molar-refractivity contribution >= 4 is 39.5 Å². The molecular formula is C23H26N4O5S2. The maximum atomic E-state index is 12.5. The summed E-state index contributed by atoms with van der Waals surface area (Å²) >= 11 is 1.58. The van der Waals surface area contributed by atoms with E-state index in [1.165, 1.54) is 6.07 Å². The van der Waals surface area contributed by atoms with Gasteiger partial charge in [-0.05, 0) is 24.3 Å². The first-order chi connectivity index (χ1) is 16.3. The lowest BCUT2D eigenvalue weighted by Gasteiger charge is -2.39. The zero-order valence-electron chi connectivity index (χ0n) is 19.0. The van der Waals surface area contributed by atoms with Gasteiger partial charge >= 0.3 is 5.97 Å². The van der Waals surface area contributed by atoms with Crippen molar-refractivity contribution in [2.75, 3.05) is 30.3 Å². The number of esters is 1. The standard InChI is InChI=1S/C23H26N4O5S2/c1-3-32-23(29)19-10-17(11-24)21(25-20(19)14-33-4-2)27-12-18(13-27)22(28)26-34(30,31)15-16-8-6-5-7-9-16/h5-10,18H,3-4,12-15H2,1-2H3,(H,26,28). The highest BCUT2D eigenvalue weighted by molar-refractivity contribution is 7.98. The van der Waals surface area contributed by atoms with Gasteiger partial charge in [0.15, 0.2) is 0 Å². The molecule has 0 saturated carbocycles. The van der Waals surface area contributed by atoms with Gasteiger partial charge in [-0.2, -0.15) is 17.0 Å². The van der Waals surface area contributed by atoms with Gasteiger partial charge in [0.1, 0.15) is 11.9 Å². The number of carbonyl (C=O) groups excluding carboxylic acids is 2. The first-order valence-electron chi connectivity index (χ1n) is 10.8. The lowest BCUT2D eigenvalue weighted by molar-refractivity contribution is -0.123. The summed E-state index contributed by atoms with van der Waals surface area (Å²) in [5.74, 6) is -0.300. The molecule has 0 atom stereocenters. The SMILES string of the molecule is CCOC(=O)c1cc(C#N)c(N2CC(C(=O)NS(=O)(=O)Cc3ccccc3)C2)nc1CSCC. The van der Waals surface area contributed by atoms with Crippen LogP contribution in [0.15, 0.2) is 36.4 Å². The Kier molecular flexibility index (Phi) is 8.52. The number of benzene rings is 1. The van der Waals surface area contributed by atoms with E-state index in [0.717, 1.165) is 5.75 Å². The highest BCUT2D eigenvalue weighted by Gasteiger charge is 2.37. The second kappa shape index (κ2) is 11.4. The second-order valence-electron chi connectivity index (χ2n) is 7.64. The zero-order valence-corrected chi connectivity index (χ0v) is 20.6. The molecule has 180 valence electrons. The summed E-state index contributed by atoms with van der Waals surface area (Å²) in [6.45, 7) is 4.33. The molecule has 1 aromatic heterocycles. The van der Waals surface area contributed by atoms with E-state index in [2.05, 4.69) is 15.8 Å². The molecule has 1 amide bonds. The van der Waals surface area contributed by atoms with Crippen molar-refractivity contribution in [2.45, 2.75) is 25.4 Å². The summed E-state index contributed by atoms with van der Waals surface area (Å²) in [5, 5.41) is 9.63. The van der Waals surface area contributed by atoms with Crippen LogP contribution >= 0.6 is 11.8 Å². The molecule has 1 fully saturated rings. The van der Waals surface area contributed by atoms with E-state index in [9.17, 15) is 23.3 Å². The van der Waals surface area contributed by atoms with E-state index in [4.69, 9.17) is 4.74 Å². The van der Waals surface area contributed by atoms with E-state index < -0.39 is 27.8 Å². The molecule has 1 N–H and O–H groups in total. The number of aromatic nitrogens is 1. The number of nitrogens with zero attached hydrogens (tertiary/aromatic N) is 3. The maximum absolute atomic E-state index is 12.5. The van der Waals surface area contributed by atoms with E-state index >= 15 is 0 Å². The van der Waals surface area contributed by atoms with Crippen LogP contribution < -0.4 is 9.62 Å². The van der Waals surface area contributed by atoms with Crippen LogP contribution in [0.25, 0.3) is 0 Å². The van der Waals surface area contributed by atoms with E-state index in [1.54, 1.807) is 53.9 Å². The fraction of sp³-hybridized carbons (Fsp3) is 0.391. The van der Waals surface area contributed by atoms with Gasteiger partial charge in [0.05, 0.1) is 35.1 Å². The molecule has 1 aromatic carbocycles. The first kappa shape index (κ1) is 25.5. The number of sulfonamides is 1. The minimum absolute atomic E-state index is 0.198. The van der Waals surface area contributed by atoms with Gasteiger partial charge in [0.2, 0.25) is 15.9 Å². The van der Waals surface area contributed by atoms with Gasteiger partial charge in [0, 0.05) is 18.8 Å². The van der Waals surface area contributed by atoms with Crippen molar-refractivity contribution in [1.29, 1.82) is 5.26 Å². The van der Waals surface area contributed by atoms with Crippen LogP contribution in [0.1, 0.15) is 41.0 Å². The quantitative estimate of drug-likeness (QED) is 0.487. The lowest BCUT2D eigenvalue weighted by Crippen LogP contribution is -2.55. The Labute approximate surface area is 203 Å². The minimum atomic E-state index is -3.83. The van der Waals surface area contributed by atoms with Crippen LogP contribution in [0.3, 0.4) is 0 Å². The molecular weight excluding hydrogens is 476 g/mol. The number of hydrogen-bond acceptors (Lipinski definition) is 9. The molecule has 34 heavy (non-hydrogen) atoms. The Balaban J connectivity index is 1.71. The molecule has 1 aliphatic rings. The number of nitrogens with one attached hydrogen (secondary N) is 1. The van der Waals surface area contributed by atoms with Gasteiger partial charge in [-0.1, -0.05) is 37.3 Å². The molecule has 0 unspecified atom stereocenters. The highest BCUT2D eigenvalue weighted by atomic mass is 32.2. The van der Waals surface area contributed by atoms with Crippen molar-refractivity contribution in [3.05, 3.63) is 58.8 Å². The van der Waals surface area contributed by atoms with Crippen molar-refractivity contribution in [3.8, 4) is 6.07 Å². The molecule has 0 bridgehead atoms. The molecule has 9 nitrogen and oxygen atoms in total. The number of thioether (sulfide) groups is 1. The van der Waals surface area contributed by atoms with Gasteiger partial charge in [-0.15, -0.1) is 0 Å². The Morgan fingerprint density at radius 3 is 2.59 bits per heavy atom. The van der Waals surface area contributed by atoms with Crippen molar-refractivity contribution in [3.63, 3.8) is 0 Å². The minimum Gasteiger partial charge on any atom is -0.462 e. The number of nitriles is 1. The van der Waals surface area contributed by atoms with E-state index in [0.29, 0.717) is 22.8 Å². The molecule has 0 aliphatic carbocycles. The molecule has 3 rings (SSSR count). The lowest BCUT2D eigenvalue weighted by atomic mass is 9.98. The van der Waals surface area contributed by atoms with Gasteiger partial charge in [-0.25, -0.2) is 18.2 Å². The average molecular weight is 503 g/mol. The summed E-state index contributed by atoms with van der Waals surface area (Å²) in [6.07, 6.45) is 0. The van der Waals surface area contributed by atoms with Crippen LogP contribution in [0.5, 0.6) is 0 Å². The Morgan fingerprint density at radius 2 is 1.97 bits per heavy atom. The molecule has 1 saturated heterocycles. The number of rotatable bonds is 10. The topological polar surface area (TPSA) is 129 Å². The van der Waals surface area contributed by atoms with Crippen LogP contribution in [-0.2, 0) is 31.1 Å². The van der Waals surface area contributed by atoms with Crippen molar-refractivity contribution in [1.82, 2.24) is 9.71 Å². The summed E-state index contributed by atoms with van der Waals surface area (Å²) in [4.78, 5) is 31.2. The van der Waals surface area contributed by atoms with Crippen LogP contribution in [0, 0.1) is 17.2 Å². The predicted octanol–water partition coefficient (Wildman–Crippen LogP) is 2.47. The molecule has 11 heteroatoms. The first-order valence-corrected chi connectivity index (χ1v) is 13.6. The van der Waals surface area contributed by atoms with E-state index in [-0.39, 0.29) is 36.6 Å².